The van der Waals surface area contributed by atoms with Crippen LogP contribution in [0, 0.1) is 0 Å². The Morgan fingerprint density at radius 3 is 2.31 bits per heavy atom. The number of aryl methyl sites for hydroxylation is 1. The molecule has 0 radical (unpaired) electrons. The summed E-state index contributed by atoms with van der Waals surface area (Å²) in [6.07, 6.45) is 0. The first kappa shape index (κ1) is 25.3. The minimum absolute atomic E-state index is 0.205. The number of carbonyl (C=O) groups excluding carboxylic acids is 1. The maximum absolute atomic E-state index is 13.6. The number of hydrogen-bond acceptors (Lipinski definition) is 5. The maximum Gasteiger partial charge on any atom is 0.255 e. The molecule has 0 aliphatic carbocycles. The quantitative estimate of drug-likeness (QED) is 0.271. The van der Waals surface area contributed by atoms with E-state index in [0.717, 1.165) is 16.8 Å². The Balaban J connectivity index is 1.80. The van der Waals surface area contributed by atoms with Crippen LogP contribution in [0.4, 0.5) is 0 Å². The van der Waals surface area contributed by atoms with E-state index in [1.165, 1.54) is 0 Å². The second kappa shape index (κ2) is 11.7. The van der Waals surface area contributed by atoms with Gasteiger partial charge in [-0.05, 0) is 24.3 Å². The lowest BCUT2D eigenvalue weighted by atomic mass is 10.1. The first-order chi connectivity index (χ1) is 17.5. The van der Waals surface area contributed by atoms with E-state index in [2.05, 4.69) is 0 Å². The topological polar surface area (TPSA) is 65.8 Å². The lowest BCUT2D eigenvalue weighted by Gasteiger charge is -2.24. The molecule has 0 fully saturated rings. The van der Waals surface area contributed by atoms with E-state index in [0.29, 0.717) is 41.1 Å². The van der Waals surface area contributed by atoms with Crippen LogP contribution < -0.4 is 9.47 Å². The fourth-order valence-electron chi connectivity index (χ4n) is 3.91. The molecule has 0 atom stereocenters. The van der Waals surface area contributed by atoms with Crippen LogP contribution in [0.1, 0.15) is 15.9 Å². The fraction of sp³-hybridized carbons (Fsp3) is 0.214. The first-order valence-electron chi connectivity index (χ1n) is 11.5. The van der Waals surface area contributed by atoms with Crippen LogP contribution in [0.3, 0.4) is 0 Å². The number of para-hydroxylation sites is 2. The molecular weight excluding hydrogens is 478 g/mol. The van der Waals surface area contributed by atoms with Crippen molar-refractivity contribution in [3.8, 4) is 28.6 Å². The highest BCUT2D eigenvalue weighted by Crippen LogP contribution is 2.37. The molecule has 0 N–H and O–H groups in total. The molecule has 0 saturated carbocycles. The Hall–Kier alpha value is -3.81. The Kier molecular flexibility index (Phi) is 8.25. The molecule has 186 valence electrons. The van der Waals surface area contributed by atoms with Gasteiger partial charge in [-0.15, -0.1) is 0 Å². The van der Waals surface area contributed by atoms with Gasteiger partial charge in [0.2, 0.25) is 5.88 Å². The van der Waals surface area contributed by atoms with Gasteiger partial charge in [-0.25, -0.2) is 4.68 Å². The summed E-state index contributed by atoms with van der Waals surface area (Å²) in [5.74, 6) is 1.44. The number of halogens is 1. The number of amides is 1. The molecule has 7 nitrogen and oxygen atoms in total. The van der Waals surface area contributed by atoms with Crippen molar-refractivity contribution in [3.63, 3.8) is 0 Å². The summed E-state index contributed by atoms with van der Waals surface area (Å²) >= 11 is 6.37. The molecule has 1 heterocycles. The Labute approximate surface area is 215 Å². The average Bonchev–Trinajstić information content (AvgIpc) is 3.21. The molecule has 0 bridgehead atoms. The molecule has 4 rings (SSSR count). The third-order valence-electron chi connectivity index (χ3n) is 5.72. The Morgan fingerprint density at radius 2 is 1.61 bits per heavy atom. The van der Waals surface area contributed by atoms with Crippen LogP contribution in [0.25, 0.3) is 11.3 Å². The van der Waals surface area contributed by atoms with E-state index >= 15 is 0 Å². The third kappa shape index (κ3) is 5.53. The zero-order valence-electron chi connectivity index (χ0n) is 20.5. The molecule has 0 saturated heterocycles. The van der Waals surface area contributed by atoms with Crippen molar-refractivity contribution >= 4 is 17.5 Å². The van der Waals surface area contributed by atoms with Gasteiger partial charge in [-0.3, -0.25) is 4.79 Å². The monoisotopic (exact) mass is 505 g/mol. The minimum atomic E-state index is -0.205. The van der Waals surface area contributed by atoms with Gasteiger partial charge in [0.25, 0.3) is 5.91 Å². The van der Waals surface area contributed by atoms with Crippen molar-refractivity contribution in [2.75, 3.05) is 27.4 Å². The van der Waals surface area contributed by atoms with E-state index in [9.17, 15) is 4.79 Å². The lowest BCUT2D eigenvalue weighted by molar-refractivity contribution is 0.0679. The van der Waals surface area contributed by atoms with E-state index in [1.54, 1.807) is 48.1 Å². The van der Waals surface area contributed by atoms with Crippen LogP contribution in [-0.2, 0) is 18.3 Å². The molecular formula is C28H28ClN3O4. The second-order valence-electron chi connectivity index (χ2n) is 8.07. The van der Waals surface area contributed by atoms with Gasteiger partial charge in [0.05, 0.1) is 36.4 Å². The molecule has 36 heavy (non-hydrogen) atoms. The number of hydrogen-bond donors (Lipinski definition) is 0. The zero-order chi connectivity index (χ0) is 25.5. The van der Waals surface area contributed by atoms with Crippen LogP contribution >= 0.6 is 11.6 Å². The Morgan fingerprint density at radius 1 is 0.944 bits per heavy atom. The molecule has 0 unspecified atom stereocenters. The average molecular weight is 506 g/mol. The van der Waals surface area contributed by atoms with E-state index in [-0.39, 0.29) is 12.5 Å². The molecule has 1 aromatic heterocycles. The number of benzene rings is 3. The number of ether oxygens (including phenoxy) is 3. The van der Waals surface area contributed by atoms with Gasteiger partial charge >= 0.3 is 0 Å². The van der Waals surface area contributed by atoms with Crippen LogP contribution in [0.5, 0.6) is 17.4 Å². The SMILES string of the molecule is COCCN(Cc1c(-c2ccccc2)nn(C)c1Oc1ccccc1OC)C(=O)c1ccccc1Cl. The highest BCUT2D eigenvalue weighted by atomic mass is 35.5. The highest BCUT2D eigenvalue weighted by Gasteiger charge is 2.26. The van der Waals surface area contributed by atoms with Crippen molar-refractivity contribution in [1.29, 1.82) is 0 Å². The Bertz CT molecular complexity index is 1320. The van der Waals surface area contributed by atoms with E-state index < -0.39 is 0 Å². The number of rotatable bonds is 10. The molecule has 3 aromatic carbocycles. The van der Waals surface area contributed by atoms with Gasteiger partial charge < -0.3 is 19.1 Å². The van der Waals surface area contributed by atoms with Gasteiger partial charge in [0, 0.05) is 26.3 Å². The second-order valence-corrected chi connectivity index (χ2v) is 8.48. The largest absolute Gasteiger partial charge is 0.493 e. The van der Waals surface area contributed by atoms with E-state index in [1.807, 2.05) is 61.6 Å². The van der Waals surface area contributed by atoms with Gasteiger partial charge in [-0.1, -0.05) is 66.2 Å². The molecule has 8 heteroatoms. The summed E-state index contributed by atoms with van der Waals surface area (Å²) < 4.78 is 18.8. The van der Waals surface area contributed by atoms with Gasteiger partial charge in [0.15, 0.2) is 11.5 Å². The molecule has 4 aromatic rings. The summed E-state index contributed by atoms with van der Waals surface area (Å²) in [5.41, 5.74) is 2.81. The van der Waals surface area contributed by atoms with Crippen molar-refractivity contribution in [2.45, 2.75) is 6.54 Å². The number of methoxy groups -OCH3 is 2. The summed E-state index contributed by atoms with van der Waals surface area (Å²) in [6, 6.07) is 24.2. The van der Waals surface area contributed by atoms with Crippen LogP contribution in [-0.4, -0.2) is 48.0 Å². The standard InChI is InChI=1S/C28H28ClN3O4/c1-31-28(36-25-16-10-9-15-24(25)35-3)22(26(30-31)20-11-5-4-6-12-20)19-32(17-18-34-2)27(33)21-13-7-8-14-23(21)29/h4-16H,17-19H2,1-3H3. The van der Waals surface area contributed by atoms with Crippen LogP contribution in [0.15, 0.2) is 78.9 Å². The van der Waals surface area contributed by atoms with Gasteiger partial charge in [0.1, 0.15) is 5.69 Å². The molecule has 0 spiro atoms. The number of aromatic nitrogens is 2. The maximum atomic E-state index is 13.6. The predicted octanol–water partition coefficient (Wildman–Crippen LogP) is 5.83. The minimum Gasteiger partial charge on any atom is -0.493 e. The van der Waals surface area contributed by atoms with Gasteiger partial charge in [-0.2, -0.15) is 5.10 Å². The smallest absolute Gasteiger partial charge is 0.255 e. The lowest BCUT2D eigenvalue weighted by Crippen LogP contribution is -2.33. The number of nitrogens with zero attached hydrogens (tertiary/aromatic N) is 3. The highest BCUT2D eigenvalue weighted by molar-refractivity contribution is 6.33. The first-order valence-corrected chi connectivity index (χ1v) is 11.9. The van der Waals surface area contributed by atoms with Crippen LogP contribution in [0.2, 0.25) is 5.02 Å². The third-order valence-corrected chi connectivity index (χ3v) is 6.05. The normalized spacial score (nSPS) is 10.8. The van der Waals surface area contributed by atoms with Crippen molar-refractivity contribution in [3.05, 3.63) is 95.0 Å². The molecule has 1 amide bonds. The van der Waals surface area contributed by atoms with Crippen molar-refractivity contribution in [2.24, 2.45) is 7.05 Å². The molecule has 0 aliphatic heterocycles. The van der Waals surface area contributed by atoms with Crippen molar-refractivity contribution in [1.82, 2.24) is 14.7 Å². The summed E-state index contributed by atoms with van der Waals surface area (Å²) in [4.78, 5) is 15.3. The van der Waals surface area contributed by atoms with E-state index in [4.69, 9.17) is 30.9 Å². The zero-order valence-corrected chi connectivity index (χ0v) is 21.2. The summed E-state index contributed by atoms with van der Waals surface area (Å²) in [6.45, 7) is 0.952. The molecule has 0 aliphatic rings. The summed E-state index contributed by atoms with van der Waals surface area (Å²) in [7, 11) is 5.01. The summed E-state index contributed by atoms with van der Waals surface area (Å²) in [5, 5.41) is 5.16. The number of carbonyl (C=O) groups is 1. The fourth-order valence-corrected chi connectivity index (χ4v) is 4.12. The van der Waals surface area contributed by atoms with Crippen molar-refractivity contribution < 1.29 is 19.0 Å². The predicted molar refractivity (Wildman–Crippen MR) is 140 cm³/mol.